The van der Waals surface area contributed by atoms with Crippen LogP contribution >= 0.6 is 11.3 Å². The highest BCUT2D eigenvalue weighted by atomic mass is 32.1. The SMILES string of the molecule is Cc1nc2cc(C(C)N(C)C(=O)c3ccc4nc(N)c5cccn5c4c3)ccc2s1. The molecular formula is C23H21N5OS. The number of nitrogen functional groups attached to an aromatic ring is 1. The molecule has 0 bridgehead atoms. The molecule has 0 aliphatic heterocycles. The van der Waals surface area contributed by atoms with Crippen molar-refractivity contribution in [2.75, 3.05) is 12.8 Å². The Balaban J connectivity index is 1.50. The molecule has 6 nitrogen and oxygen atoms in total. The standard InChI is InChI=1S/C23H21N5OS/c1-13(15-7-9-21-18(11-15)25-14(2)30-21)27(3)23(29)16-6-8-17-20(12-16)28-10-4-5-19(28)22(24)26-17/h4-13H,1-3H3,(H2,24,26). The van der Waals surface area contributed by atoms with Gasteiger partial charge in [0.15, 0.2) is 0 Å². The zero-order chi connectivity index (χ0) is 21.0. The molecule has 150 valence electrons. The predicted octanol–water partition coefficient (Wildman–Crippen LogP) is 4.82. The van der Waals surface area contributed by atoms with E-state index in [1.165, 1.54) is 0 Å². The number of thiazole rings is 1. The third-order valence-electron chi connectivity index (χ3n) is 5.64. The second kappa shape index (κ2) is 6.81. The van der Waals surface area contributed by atoms with Gasteiger partial charge in [0.2, 0.25) is 0 Å². The molecule has 3 aromatic heterocycles. The third kappa shape index (κ3) is 2.90. The topological polar surface area (TPSA) is 76.5 Å². The molecule has 0 radical (unpaired) electrons. The third-order valence-corrected chi connectivity index (χ3v) is 6.59. The van der Waals surface area contributed by atoms with Crippen molar-refractivity contribution in [1.29, 1.82) is 0 Å². The first-order valence-corrected chi connectivity index (χ1v) is 10.5. The van der Waals surface area contributed by atoms with Gasteiger partial charge in [0.1, 0.15) is 5.82 Å². The average molecular weight is 416 g/mol. The fraction of sp³-hybridized carbons (Fsp3) is 0.174. The predicted molar refractivity (Wildman–Crippen MR) is 122 cm³/mol. The first kappa shape index (κ1) is 18.6. The minimum atomic E-state index is -0.0873. The van der Waals surface area contributed by atoms with Crippen LogP contribution in [0.4, 0.5) is 5.82 Å². The summed E-state index contributed by atoms with van der Waals surface area (Å²) in [6.07, 6.45) is 1.93. The van der Waals surface area contributed by atoms with Gasteiger partial charge < -0.3 is 15.0 Å². The van der Waals surface area contributed by atoms with Gasteiger partial charge in [-0.25, -0.2) is 9.97 Å². The van der Waals surface area contributed by atoms with E-state index in [9.17, 15) is 4.79 Å². The van der Waals surface area contributed by atoms with Crippen molar-refractivity contribution in [2.24, 2.45) is 0 Å². The summed E-state index contributed by atoms with van der Waals surface area (Å²) in [5.74, 6) is 0.432. The van der Waals surface area contributed by atoms with Gasteiger partial charge in [0.05, 0.1) is 37.8 Å². The molecule has 1 amide bonds. The minimum absolute atomic E-state index is 0.0453. The maximum absolute atomic E-state index is 13.3. The second-order valence-corrected chi connectivity index (χ2v) is 8.75. The lowest BCUT2D eigenvalue weighted by Crippen LogP contribution is -2.29. The summed E-state index contributed by atoms with van der Waals surface area (Å²) < 4.78 is 3.13. The van der Waals surface area contributed by atoms with Crippen LogP contribution in [0.15, 0.2) is 54.7 Å². The van der Waals surface area contributed by atoms with Gasteiger partial charge in [-0.2, -0.15) is 0 Å². The van der Waals surface area contributed by atoms with E-state index in [0.717, 1.165) is 37.3 Å². The number of benzene rings is 2. The zero-order valence-corrected chi connectivity index (χ0v) is 17.8. The van der Waals surface area contributed by atoms with Gasteiger partial charge in [-0.05, 0) is 61.9 Å². The first-order chi connectivity index (χ1) is 14.4. The second-order valence-electron chi connectivity index (χ2n) is 7.52. The molecule has 3 heterocycles. The average Bonchev–Trinajstić information content (AvgIpc) is 3.38. The van der Waals surface area contributed by atoms with Crippen molar-refractivity contribution in [2.45, 2.75) is 19.9 Å². The van der Waals surface area contributed by atoms with E-state index in [0.29, 0.717) is 11.4 Å². The summed E-state index contributed by atoms with van der Waals surface area (Å²) in [4.78, 5) is 24.1. The maximum Gasteiger partial charge on any atom is 0.254 e. The fourth-order valence-electron chi connectivity index (χ4n) is 3.85. The highest BCUT2D eigenvalue weighted by Gasteiger charge is 2.20. The first-order valence-electron chi connectivity index (χ1n) is 9.73. The molecule has 0 saturated carbocycles. The van der Waals surface area contributed by atoms with Crippen LogP contribution in [0.1, 0.15) is 33.9 Å². The van der Waals surface area contributed by atoms with Crippen LogP contribution in [-0.2, 0) is 0 Å². The monoisotopic (exact) mass is 415 g/mol. The molecule has 7 heteroatoms. The van der Waals surface area contributed by atoms with Crippen LogP contribution in [0.3, 0.4) is 0 Å². The number of amides is 1. The van der Waals surface area contributed by atoms with E-state index in [4.69, 9.17) is 5.73 Å². The highest BCUT2D eigenvalue weighted by Crippen LogP contribution is 2.28. The molecule has 1 atom stereocenters. The van der Waals surface area contributed by atoms with Crippen LogP contribution in [0.5, 0.6) is 0 Å². The van der Waals surface area contributed by atoms with E-state index in [1.807, 2.05) is 61.8 Å². The van der Waals surface area contributed by atoms with E-state index >= 15 is 0 Å². The zero-order valence-electron chi connectivity index (χ0n) is 17.0. The molecule has 0 aliphatic rings. The van der Waals surface area contributed by atoms with Crippen LogP contribution in [0.2, 0.25) is 0 Å². The number of aromatic nitrogens is 3. The number of carbonyl (C=O) groups is 1. The molecular weight excluding hydrogens is 394 g/mol. The van der Waals surface area contributed by atoms with Gasteiger partial charge >= 0.3 is 0 Å². The van der Waals surface area contributed by atoms with Crippen molar-refractivity contribution in [3.63, 3.8) is 0 Å². The summed E-state index contributed by atoms with van der Waals surface area (Å²) in [6, 6.07) is 15.5. The van der Waals surface area contributed by atoms with Crippen molar-refractivity contribution in [3.05, 3.63) is 70.9 Å². The molecule has 5 aromatic rings. The summed E-state index contributed by atoms with van der Waals surface area (Å²) in [5.41, 5.74) is 11.1. The molecule has 0 saturated heterocycles. The van der Waals surface area contributed by atoms with Crippen molar-refractivity contribution >= 4 is 49.8 Å². The number of anilines is 1. The smallest absolute Gasteiger partial charge is 0.254 e. The molecule has 0 aliphatic carbocycles. The Morgan fingerprint density at radius 2 is 1.93 bits per heavy atom. The molecule has 2 aromatic carbocycles. The van der Waals surface area contributed by atoms with E-state index in [2.05, 4.69) is 28.2 Å². The van der Waals surface area contributed by atoms with Gasteiger partial charge in [0.25, 0.3) is 5.91 Å². The highest BCUT2D eigenvalue weighted by molar-refractivity contribution is 7.18. The number of rotatable bonds is 3. The summed E-state index contributed by atoms with van der Waals surface area (Å²) in [6.45, 7) is 4.04. The molecule has 1 unspecified atom stereocenters. The number of fused-ring (bicyclic) bond motifs is 4. The lowest BCUT2D eigenvalue weighted by Gasteiger charge is -2.25. The Bertz CT molecular complexity index is 1430. The van der Waals surface area contributed by atoms with Gasteiger partial charge in [-0.15, -0.1) is 11.3 Å². The number of carbonyl (C=O) groups excluding carboxylic acids is 1. The van der Waals surface area contributed by atoms with Gasteiger partial charge in [0, 0.05) is 18.8 Å². The number of nitrogens with zero attached hydrogens (tertiary/aromatic N) is 4. The summed E-state index contributed by atoms with van der Waals surface area (Å²) in [5, 5.41) is 1.04. The number of hydrogen-bond donors (Lipinski definition) is 1. The van der Waals surface area contributed by atoms with E-state index in [1.54, 1.807) is 16.2 Å². The quantitative estimate of drug-likeness (QED) is 0.458. The molecule has 0 spiro atoms. The summed E-state index contributed by atoms with van der Waals surface area (Å²) >= 11 is 1.68. The largest absolute Gasteiger partial charge is 0.382 e. The Morgan fingerprint density at radius 3 is 2.77 bits per heavy atom. The molecule has 0 fully saturated rings. The number of aryl methyl sites for hydroxylation is 1. The Hall–Kier alpha value is -3.45. The molecule has 2 N–H and O–H groups in total. The minimum Gasteiger partial charge on any atom is -0.382 e. The van der Waals surface area contributed by atoms with Crippen molar-refractivity contribution in [1.82, 2.24) is 19.3 Å². The maximum atomic E-state index is 13.3. The van der Waals surface area contributed by atoms with Crippen LogP contribution in [0, 0.1) is 6.92 Å². The Morgan fingerprint density at radius 1 is 1.10 bits per heavy atom. The van der Waals surface area contributed by atoms with E-state index in [-0.39, 0.29) is 11.9 Å². The molecule has 30 heavy (non-hydrogen) atoms. The van der Waals surface area contributed by atoms with Crippen molar-refractivity contribution < 1.29 is 4.79 Å². The Kier molecular flexibility index (Phi) is 4.22. The van der Waals surface area contributed by atoms with Crippen LogP contribution in [-0.4, -0.2) is 32.2 Å². The van der Waals surface area contributed by atoms with Gasteiger partial charge in [-0.3, -0.25) is 4.79 Å². The van der Waals surface area contributed by atoms with Crippen LogP contribution < -0.4 is 5.73 Å². The van der Waals surface area contributed by atoms with Gasteiger partial charge in [-0.1, -0.05) is 6.07 Å². The summed E-state index contributed by atoms with van der Waals surface area (Å²) in [7, 11) is 1.83. The van der Waals surface area contributed by atoms with Crippen molar-refractivity contribution in [3.8, 4) is 0 Å². The lowest BCUT2D eigenvalue weighted by atomic mass is 10.1. The normalized spacial score (nSPS) is 12.6. The fourth-order valence-corrected chi connectivity index (χ4v) is 4.66. The number of nitrogens with two attached hydrogens (primary N) is 1. The van der Waals surface area contributed by atoms with E-state index < -0.39 is 0 Å². The Labute approximate surface area is 177 Å². The molecule has 5 rings (SSSR count). The number of hydrogen-bond acceptors (Lipinski definition) is 5. The van der Waals surface area contributed by atoms with Crippen LogP contribution in [0.25, 0.3) is 26.8 Å². The lowest BCUT2D eigenvalue weighted by molar-refractivity contribution is 0.0743.